The zero-order valence-corrected chi connectivity index (χ0v) is 15.7. The van der Waals surface area contributed by atoms with E-state index in [1.165, 1.54) is 11.1 Å². The molecule has 0 unspecified atom stereocenters. The average Bonchev–Trinajstić information content (AvgIpc) is 2.62. The molecule has 0 radical (unpaired) electrons. The lowest BCUT2D eigenvalue weighted by Crippen LogP contribution is -2.29. The molecule has 4 nitrogen and oxygen atoms in total. The molecule has 2 aromatic carbocycles. The second-order valence-corrected chi connectivity index (χ2v) is 6.24. The van der Waals surface area contributed by atoms with Crippen molar-refractivity contribution in [3.05, 3.63) is 58.7 Å². The number of hydrogen-bond acceptors (Lipinski definition) is 3. The zero-order valence-electron chi connectivity index (χ0n) is 15.7. The van der Waals surface area contributed by atoms with Crippen molar-refractivity contribution in [1.82, 2.24) is 5.32 Å². The van der Waals surface area contributed by atoms with Crippen LogP contribution >= 0.6 is 0 Å². The van der Waals surface area contributed by atoms with Crippen molar-refractivity contribution in [2.75, 3.05) is 14.2 Å². The van der Waals surface area contributed by atoms with Gasteiger partial charge >= 0.3 is 0 Å². The largest absolute Gasteiger partial charge is 0.493 e. The monoisotopic (exact) mass is 341 g/mol. The third kappa shape index (κ3) is 4.75. The number of benzene rings is 2. The van der Waals surface area contributed by atoms with Gasteiger partial charge in [-0.2, -0.15) is 0 Å². The van der Waals surface area contributed by atoms with Crippen LogP contribution in [-0.4, -0.2) is 20.1 Å². The van der Waals surface area contributed by atoms with Crippen LogP contribution in [0.4, 0.5) is 0 Å². The SMILES string of the molecule is CC[C@@H](NC(=O)Cc1ccc(C)c(C)c1)c1ccc(OC)c(OC)c1. The molecule has 0 aliphatic carbocycles. The predicted molar refractivity (Wildman–Crippen MR) is 100 cm³/mol. The molecule has 0 heterocycles. The minimum atomic E-state index is -0.0566. The van der Waals surface area contributed by atoms with Gasteiger partial charge in [0, 0.05) is 0 Å². The molecule has 0 spiro atoms. The quantitative estimate of drug-likeness (QED) is 0.824. The molecule has 0 saturated heterocycles. The summed E-state index contributed by atoms with van der Waals surface area (Å²) in [6.45, 7) is 6.19. The Morgan fingerprint density at radius 1 is 1.00 bits per heavy atom. The third-order valence-corrected chi connectivity index (χ3v) is 4.49. The summed E-state index contributed by atoms with van der Waals surface area (Å²) >= 11 is 0. The maximum atomic E-state index is 12.5. The van der Waals surface area contributed by atoms with Gasteiger partial charge in [-0.05, 0) is 54.7 Å². The molecular weight excluding hydrogens is 314 g/mol. The number of nitrogens with one attached hydrogen (secondary N) is 1. The first-order chi connectivity index (χ1) is 12.0. The number of methoxy groups -OCH3 is 2. The first kappa shape index (κ1) is 18.8. The number of hydrogen-bond donors (Lipinski definition) is 1. The van der Waals surface area contributed by atoms with Crippen LogP contribution in [-0.2, 0) is 11.2 Å². The Hall–Kier alpha value is -2.49. The molecule has 4 heteroatoms. The molecule has 0 aliphatic rings. The summed E-state index contributed by atoms with van der Waals surface area (Å²) in [7, 11) is 3.22. The smallest absolute Gasteiger partial charge is 0.224 e. The minimum absolute atomic E-state index is 0.0184. The molecule has 0 saturated carbocycles. The van der Waals surface area contributed by atoms with Crippen molar-refractivity contribution < 1.29 is 14.3 Å². The Balaban J connectivity index is 2.10. The highest BCUT2D eigenvalue weighted by Gasteiger charge is 2.15. The van der Waals surface area contributed by atoms with Gasteiger partial charge in [0.2, 0.25) is 5.91 Å². The van der Waals surface area contributed by atoms with Crippen molar-refractivity contribution in [1.29, 1.82) is 0 Å². The fraction of sp³-hybridized carbons (Fsp3) is 0.381. The first-order valence-electron chi connectivity index (χ1n) is 8.55. The number of rotatable bonds is 7. The third-order valence-electron chi connectivity index (χ3n) is 4.49. The predicted octanol–water partition coefficient (Wildman–Crippen LogP) is 4.13. The normalized spacial score (nSPS) is 11.7. The maximum Gasteiger partial charge on any atom is 0.224 e. The van der Waals surface area contributed by atoms with Crippen molar-refractivity contribution in [3.8, 4) is 11.5 Å². The summed E-state index contributed by atoms with van der Waals surface area (Å²) in [5, 5.41) is 3.12. The fourth-order valence-corrected chi connectivity index (χ4v) is 2.83. The van der Waals surface area contributed by atoms with Crippen LogP contribution in [0.15, 0.2) is 36.4 Å². The van der Waals surface area contributed by atoms with Crippen LogP contribution in [0, 0.1) is 13.8 Å². The molecule has 0 aliphatic heterocycles. The van der Waals surface area contributed by atoms with Gasteiger partial charge in [0.1, 0.15) is 0 Å². The molecule has 2 aromatic rings. The Morgan fingerprint density at radius 3 is 2.32 bits per heavy atom. The van der Waals surface area contributed by atoms with E-state index in [0.29, 0.717) is 17.9 Å². The van der Waals surface area contributed by atoms with E-state index in [9.17, 15) is 4.79 Å². The number of amides is 1. The molecule has 25 heavy (non-hydrogen) atoms. The molecule has 0 fully saturated rings. The van der Waals surface area contributed by atoms with Crippen LogP contribution in [0.25, 0.3) is 0 Å². The van der Waals surface area contributed by atoms with Gasteiger partial charge in [0.25, 0.3) is 0 Å². The minimum Gasteiger partial charge on any atom is -0.493 e. The van der Waals surface area contributed by atoms with E-state index in [0.717, 1.165) is 17.5 Å². The Kier molecular flexibility index (Phi) is 6.45. The van der Waals surface area contributed by atoms with E-state index in [4.69, 9.17) is 9.47 Å². The zero-order chi connectivity index (χ0) is 18.4. The summed E-state index contributed by atoms with van der Waals surface area (Å²) in [6.07, 6.45) is 1.18. The van der Waals surface area contributed by atoms with E-state index in [-0.39, 0.29) is 11.9 Å². The summed E-state index contributed by atoms with van der Waals surface area (Å²) in [4.78, 5) is 12.5. The van der Waals surface area contributed by atoms with Crippen molar-refractivity contribution in [2.45, 2.75) is 39.7 Å². The Bertz CT molecular complexity index is 740. The molecule has 134 valence electrons. The van der Waals surface area contributed by atoms with Crippen LogP contribution in [0.1, 0.15) is 41.6 Å². The van der Waals surface area contributed by atoms with Crippen molar-refractivity contribution >= 4 is 5.91 Å². The second-order valence-electron chi connectivity index (χ2n) is 6.24. The Labute approximate surface area is 150 Å². The lowest BCUT2D eigenvalue weighted by Gasteiger charge is -2.19. The van der Waals surface area contributed by atoms with E-state index in [1.54, 1.807) is 14.2 Å². The molecular formula is C21H27NO3. The van der Waals surface area contributed by atoms with Gasteiger partial charge in [-0.25, -0.2) is 0 Å². The second kappa shape index (κ2) is 8.56. The van der Waals surface area contributed by atoms with E-state index < -0.39 is 0 Å². The highest BCUT2D eigenvalue weighted by molar-refractivity contribution is 5.79. The van der Waals surface area contributed by atoms with Crippen LogP contribution in [0.2, 0.25) is 0 Å². The van der Waals surface area contributed by atoms with Gasteiger partial charge in [0.05, 0.1) is 26.7 Å². The number of ether oxygens (including phenoxy) is 2. The summed E-state index contributed by atoms with van der Waals surface area (Å²) < 4.78 is 10.6. The lowest BCUT2D eigenvalue weighted by molar-refractivity contribution is -0.121. The molecule has 0 aromatic heterocycles. The molecule has 1 amide bonds. The van der Waals surface area contributed by atoms with Crippen LogP contribution in [0.3, 0.4) is 0 Å². The number of carbonyl (C=O) groups excluding carboxylic acids is 1. The van der Waals surface area contributed by atoms with Gasteiger partial charge in [0.15, 0.2) is 11.5 Å². The number of aryl methyl sites for hydroxylation is 2. The van der Waals surface area contributed by atoms with Crippen molar-refractivity contribution in [2.24, 2.45) is 0 Å². The summed E-state index contributed by atoms with van der Waals surface area (Å²) in [5.74, 6) is 1.37. The van der Waals surface area contributed by atoms with E-state index in [1.807, 2.05) is 24.3 Å². The maximum absolute atomic E-state index is 12.5. The van der Waals surface area contributed by atoms with E-state index >= 15 is 0 Å². The number of carbonyl (C=O) groups is 1. The Morgan fingerprint density at radius 2 is 1.72 bits per heavy atom. The van der Waals surface area contributed by atoms with Gasteiger partial charge in [-0.15, -0.1) is 0 Å². The molecule has 1 atom stereocenters. The van der Waals surface area contributed by atoms with E-state index in [2.05, 4.69) is 38.2 Å². The van der Waals surface area contributed by atoms with Gasteiger partial charge in [-0.3, -0.25) is 4.79 Å². The topological polar surface area (TPSA) is 47.6 Å². The van der Waals surface area contributed by atoms with Crippen LogP contribution in [0.5, 0.6) is 11.5 Å². The van der Waals surface area contributed by atoms with Gasteiger partial charge < -0.3 is 14.8 Å². The van der Waals surface area contributed by atoms with Gasteiger partial charge in [-0.1, -0.05) is 31.2 Å². The summed E-state index contributed by atoms with van der Waals surface area (Å²) in [6, 6.07) is 11.8. The lowest BCUT2D eigenvalue weighted by atomic mass is 10.0. The molecule has 2 rings (SSSR count). The highest BCUT2D eigenvalue weighted by atomic mass is 16.5. The highest BCUT2D eigenvalue weighted by Crippen LogP contribution is 2.30. The fourth-order valence-electron chi connectivity index (χ4n) is 2.83. The molecule has 1 N–H and O–H groups in total. The standard InChI is InChI=1S/C21H27NO3/c1-6-18(17-9-10-19(24-4)20(13-17)25-5)22-21(23)12-16-8-7-14(2)15(3)11-16/h7-11,13,18H,6,12H2,1-5H3,(H,22,23)/t18-/m1/s1. The summed E-state index contributed by atoms with van der Waals surface area (Å²) in [5.41, 5.74) is 4.48. The van der Waals surface area contributed by atoms with Crippen molar-refractivity contribution in [3.63, 3.8) is 0 Å². The first-order valence-corrected chi connectivity index (χ1v) is 8.55. The molecule has 0 bridgehead atoms. The average molecular weight is 341 g/mol. The van der Waals surface area contributed by atoms with Crippen LogP contribution < -0.4 is 14.8 Å².